The summed E-state index contributed by atoms with van der Waals surface area (Å²) in [7, 11) is 3.79. The second-order valence-corrected chi connectivity index (χ2v) is 5.21. The van der Waals surface area contributed by atoms with Crippen LogP contribution in [0.5, 0.6) is 5.75 Å². The summed E-state index contributed by atoms with van der Waals surface area (Å²) in [6.07, 6.45) is 2.14. The van der Waals surface area contributed by atoms with Gasteiger partial charge >= 0.3 is 0 Å². The summed E-state index contributed by atoms with van der Waals surface area (Å²) in [6.45, 7) is 5.16. The van der Waals surface area contributed by atoms with Crippen molar-refractivity contribution in [1.82, 2.24) is 0 Å². The SMILES string of the molecule is COc1ccc(N(C)CCCC(C)(C)N)cc1. The molecule has 0 aliphatic carbocycles. The van der Waals surface area contributed by atoms with E-state index in [4.69, 9.17) is 10.5 Å². The summed E-state index contributed by atoms with van der Waals surface area (Å²) in [5.41, 5.74) is 7.10. The Morgan fingerprint density at radius 2 is 1.82 bits per heavy atom. The molecule has 0 fully saturated rings. The molecule has 0 spiro atoms. The number of nitrogens with zero attached hydrogens (tertiary/aromatic N) is 1. The molecular weight excluding hydrogens is 212 g/mol. The van der Waals surface area contributed by atoms with Crippen molar-refractivity contribution < 1.29 is 4.74 Å². The third-order valence-electron chi connectivity index (χ3n) is 2.83. The third kappa shape index (κ3) is 5.09. The predicted molar refractivity (Wildman–Crippen MR) is 73.8 cm³/mol. The van der Waals surface area contributed by atoms with Gasteiger partial charge in [-0.25, -0.2) is 0 Å². The molecule has 1 aromatic rings. The lowest BCUT2D eigenvalue weighted by atomic mass is 10.00. The zero-order chi connectivity index (χ0) is 12.9. The summed E-state index contributed by atoms with van der Waals surface area (Å²) in [5, 5.41) is 0. The van der Waals surface area contributed by atoms with Crippen LogP contribution in [0.25, 0.3) is 0 Å². The predicted octanol–water partition coefficient (Wildman–Crippen LogP) is 2.65. The van der Waals surface area contributed by atoms with Gasteiger partial charge in [0.1, 0.15) is 5.75 Å². The molecule has 0 aliphatic rings. The Kier molecular flexibility index (Phi) is 4.82. The quantitative estimate of drug-likeness (QED) is 0.825. The molecule has 0 aromatic heterocycles. The van der Waals surface area contributed by atoms with E-state index in [9.17, 15) is 0 Å². The minimum atomic E-state index is -0.0687. The number of methoxy groups -OCH3 is 1. The molecule has 3 nitrogen and oxygen atoms in total. The van der Waals surface area contributed by atoms with E-state index in [1.807, 2.05) is 12.1 Å². The van der Waals surface area contributed by atoms with E-state index in [-0.39, 0.29) is 5.54 Å². The van der Waals surface area contributed by atoms with Crippen LogP contribution in [0.2, 0.25) is 0 Å². The van der Waals surface area contributed by atoms with Crippen LogP contribution in [0.15, 0.2) is 24.3 Å². The molecule has 17 heavy (non-hydrogen) atoms. The molecule has 2 N–H and O–H groups in total. The van der Waals surface area contributed by atoms with Gasteiger partial charge in [-0.05, 0) is 51.0 Å². The van der Waals surface area contributed by atoms with Crippen molar-refractivity contribution >= 4 is 5.69 Å². The molecule has 0 amide bonds. The highest BCUT2D eigenvalue weighted by atomic mass is 16.5. The Bertz CT molecular complexity index is 327. The van der Waals surface area contributed by atoms with Gasteiger partial charge in [0.05, 0.1) is 7.11 Å². The second-order valence-electron chi connectivity index (χ2n) is 5.21. The Morgan fingerprint density at radius 1 is 1.24 bits per heavy atom. The van der Waals surface area contributed by atoms with Gasteiger partial charge in [-0.2, -0.15) is 0 Å². The number of benzene rings is 1. The van der Waals surface area contributed by atoms with E-state index in [0.717, 1.165) is 25.1 Å². The van der Waals surface area contributed by atoms with E-state index in [1.165, 1.54) is 5.69 Å². The lowest BCUT2D eigenvalue weighted by Crippen LogP contribution is -2.33. The van der Waals surface area contributed by atoms with Gasteiger partial charge in [-0.15, -0.1) is 0 Å². The molecule has 0 heterocycles. The van der Waals surface area contributed by atoms with E-state index in [1.54, 1.807) is 7.11 Å². The highest BCUT2D eigenvalue weighted by Gasteiger charge is 2.10. The lowest BCUT2D eigenvalue weighted by molar-refractivity contribution is 0.415. The fraction of sp³-hybridized carbons (Fsp3) is 0.571. The van der Waals surface area contributed by atoms with Crippen LogP contribution in [0.4, 0.5) is 5.69 Å². The average Bonchev–Trinajstić information content (AvgIpc) is 2.27. The molecule has 0 bridgehead atoms. The second kappa shape index (κ2) is 5.92. The van der Waals surface area contributed by atoms with Crippen molar-refractivity contribution in [3.05, 3.63) is 24.3 Å². The Hall–Kier alpha value is -1.22. The van der Waals surface area contributed by atoms with Crippen LogP contribution in [0.1, 0.15) is 26.7 Å². The number of anilines is 1. The van der Waals surface area contributed by atoms with Crippen LogP contribution in [-0.4, -0.2) is 26.2 Å². The van der Waals surface area contributed by atoms with Crippen LogP contribution in [-0.2, 0) is 0 Å². The highest BCUT2D eigenvalue weighted by Crippen LogP contribution is 2.19. The van der Waals surface area contributed by atoms with Gasteiger partial charge in [0.15, 0.2) is 0 Å². The van der Waals surface area contributed by atoms with Gasteiger partial charge in [0.25, 0.3) is 0 Å². The summed E-state index contributed by atoms with van der Waals surface area (Å²) >= 11 is 0. The minimum Gasteiger partial charge on any atom is -0.497 e. The molecule has 0 unspecified atom stereocenters. The van der Waals surface area contributed by atoms with Gasteiger partial charge in [-0.3, -0.25) is 0 Å². The van der Waals surface area contributed by atoms with E-state index in [0.29, 0.717) is 0 Å². The zero-order valence-corrected chi connectivity index (χ0v) is 11.4. The van der Waals surface area contributed by atoms with Crippen molar-refractivity contribution in [3.8, 4) is 5.75 Å². The molecule has 96 valence electrons. The molecule has 0 aliphatic heterocycles. The molecule has 1 rings (SSSR count). The minimum absolute atomic E-state index is 0.0687. The Morgan fingerprint density at radius 3 is 2.29 bits per heavy atom. The summed E-state index contributed by atoms with van der Waals surface area (Å²) in [4.78, 5) is 2.24. The molecule has 0 saturated carbocycles. The lowest BCUT2D eigenvalue weighted by Gasteiger charge is -2.23. The third-order valence-corrected chi connectivity index (χ3v) is 2.83. The molecule has 0 saturated heterocycles. The zero-order valence-electron chi connectivity index (χ0n) is 11.4. The number of ether oxygens (including phenoxy) is 1. The number of rotatable bonds is 6. The topological polar surface area (TPSA) is 38.5 Å². The first-order valence-corrected chi connectivity index (χ1v) is 6.06. The van der Waals surface area contributed by atoms with Crippen molar-refractivity contribution in [2.24, 2.45) is 5.73 Å². The monoisotopic (exact) mass is 236 g/mol. The maximum absolute atomic E-state index is 5.96. The van der Waals surface area contributed by atoms with Gasteiger partial charge in [0.2, 0.25) is 0 Å². The molecule has 0 atom stereocenters. The van der Waals surface area contributed by atoms with E-state index in [2.05, 4.69) is 37.9 Å². The summed E-state index contributed by atoms with van der Waals surface area (Å²) in [5.74, 6) is 0.894. The average molecular weight is 236 g/mol. The maximum Gasteiger partial charge on any atom is 0.119 e. The smallest absolute Gasteiger partial charge is 0.119 e. The van der Waals surface area contributed by atoms with Crippen molar-refractivity contribution in [2.75, 3.05) is 25.6 Å². The van der Waals surface area contributed by atoms with Crippen LogP contribution in [0, 0.1) is 0 Å². The van der Waals surface area contributed by atoms with Gasteiger partial charge in [-0.1, -0.05) is 0 Å². The first kappa shape index (κ1) is 13.8. The van der Waals surface area contributed by atoms with Crippen molar-refractivity contribution in [1.29, 1.82) is 0 Å². The normalized spacial score (nSPS) is 11.4. The van der Waals surface area contributed by atoms with E-state index < -0.39 is 0 Å². The number of hydrogen-bond acceptors (Lipinski definition) is 3. The van der Waals surface area contributed by atoms with E-state index >= 15 is 0 Å². The highest BCUT2D eigenvalue weighted by molar-refractivity contribution is 5.48. The Balaban J connectivity index is 2.43. The van der Waals surface area contributed by atoms with Crippen LogP contribution in [0.3, 0.4) is 0 Å². The van der Waals surface area contributed by atoms with Gasteiger partial charge < -0.3 is 15.4 Å². The molecular formula is C14H24N2O. The molecule has 1 aromatic carbocycles. The number of hydrogen-bond donors (Lipinski definition) is 1. The largest absolute Gasteiger partial charge is 0.497 e. The van der Waals surface area contributed by atoms with Crippen molar-refractivity contribution in [2.45, 2.75) is 32.2 Å². The Labute approximate surface area is 105 Å². The maximum atomic E-state index is 5.96. The van der Waals surface area contributed by atoms with Crippen LogP contribution >= 0.6 is 0 Å². The fourth-order valence-corrected chi connectivity index (χ4v) is 1.74. The summed E-state index contributed by atoms with van der Waals surface area (Å²) < 4.78 is 5.14. The first-order chi connectivity index (χ1) is 7.92. The van der Waals surface area contributed by atoms with Crippen molar-refractivity contribution in [3.63, 3.8) is 0 Å². The van der Waals surface area contributed by atoms with Crippen LogP contribution < -0.4 is 15.4 Å². The fourth-order valence-electron chi connectivity index (χ4n) is 1.74. The number of nitrogens with two attached hydrogens (primary N) is 1. The molecule has 3 heteroatoms. The first-order valence-electron chi connectivity index (χ1n) is 6.06. The standard InChI is InChI=1S/C14H24N2O/c1-14(2,15)10-5-11-16(3)12-6-8-13(17-4)9-7-12/h6-9H,5,10-11,15H2,1-4H3. The molecule has 0 radical (unpaired) electrons. The summed E-state index contributed by atoms with van der Waals surface area (Å²) in [6, 6.07) is 8.12. The van der Waals surface area contributed by atoms with Gasteiger partial charge in [0, 0.05) is 24.8 Å².